The van der Waals surface area contributed by atoms with E-state index in [4.69, 9.17) is 17.3 Å². The first-order valence-corrected chi connectivity index (χ1v) is 7.04. The highest BCUT2D eigenvalue weighted by molar-refractivity contribution is 6.31. The molecule has 0 aliphatic heterocycles. The Morgan fingerprint density at radius 3 is 2.67 bits per heavy atom. The lowest BCUT2D eigenvalue weighted by Gasteiger charge is -2.22. The summed E-state index contributed by atoms with van der Waals surface area (Å²) in [4.78, 5) is 11.2. The van der Waals surface area contributed by atoms with Crippen LogP contribution in [0.3, 0.4) is 0 Å². The minimum absolute atomic E-state index is 0.0288. The quantitative estimate of drug-likeness (QED) is 0.911. The minimum atomic E-state index is -0.551. The zero-order chi connectivity index (χ0) is 15.6. The number of hydrogen-bond donors (Lipinski definition) is 2. The van der Waals surface area contributed by atoms with E-state index in [0.717, 1.165) is 11.3 Å². The van der Waals surface area contributed by atoms with Crippen LogP contribution in [0.15, 0.2) is 30.5 Å². The molecule has 1 aromatic heterocycles. The molecule has 0 spiro atoms. The largest absolute Gasteiger partial charge is 0.364 e. The van der Waals surface area contributed by atoms with Gasteiger partial charge in [-0.15, -0.1) is 0 Å². The summed E-state index contributed by atoms with van der Waals surface area (Å²) in [6.07, 6.45) is 1.70. The lowest BCUT2D eigenvalue weighted by atomic mass is 10.1. The summed E-state index contributed by atoms with van der Waals surface area (Å²) in [7, 11) is 0. The van der Waals surface area contributed by atoms with E-state index in [9.17, 15) is 4.79 Å². The maximum Gasteiger partial charge on any atom is 0.269 e. The van der Waals surface area contributed by atoms with Gasteiger partial charge in [0, 0.05) is 28.9 Å². The molecule has 1 aromatic carbocycles. The molecule has 0 bridgehead atoms. The molecule has 5 nitrogen and oxygen atoms in total. The van der Waals surface area contributed by atoms with Crippen molar-refractivity contribution < 1.29 is 4.79 Å². The first-order chi connectivity index (χ1) is 9.78. The topological polar surface area (TPSA) is 72.9 Å². The molecule has 0 radical (unpaired) electrons. The van der Waals surface area contributed by atoms with Crippen molar-refractivity contribution in [2.45, 2.75) is 32.9 Å². The van der Waals surface area contributed by atoms with Crippen molar-refractivity contribution in [3.8, 4) is 5.69 Å². The molecule has 0 saturated heterocycles. The minimum Gasteiger partial charge on any atom is -0.364 e. The molecule has 6 heteroatoms. The van der Waals surface area contributed by atoms with Crippen LogP contribution in [-0.4, -0.2) is 21.2 Å². The van der Waals surface area contributed by atoms with Crippen LogP contribution in [0.2, 0.25) is 5.02 Å². The summed E-state index contributed by atoms with van der Waals surface area (Å²) in [5, 5.41) is 8.24. The molecule has 0 saturated carbocycles. The van der Waals surface area contributed by atoms with Crippen molar-refractivity contribution in [3.05, 3.63) is 46.7 Å². The van der Waals surface area contributed by atoms with E-state index in [1.54, 1.807) is 16.9 Å². The van der Waals surface area contributed by atoms with E-state index in [1.165, 1.54) is 0 Å². The van der Waals surface area contributed by atoms with Crippen molar-refractivity contribution >= 4 is 17.5 Å². The molecule has 0 aliphatic carbocycles. The van der Waals surface area contributed by atoms with Crippen molar-refractivity contribution in [2.24, 2.45) is 5.73 Å². The molecule has 0 aliphatic rings. The molecule has 0 fully saturated rings. The second kappa shape index (κ2) is 5.87. The summed E-state index contributed by atoms with van der Waals surface area (Å²) in [6.45, 7) is 6.86. The third-order valence-electron chi connectivity index (χ3n) is 2.98. The van der Waals surface area contributed by atoms with Gasteiger partial charge in [-0.2, -0.15) is 5.10 Å². The normalized spacial score (nSPS) is 11.6. The maximum absolute atomic E-state index is 11.2. The van der Waals surface area contributed by atoms with Gasteiger partial charge in [-0.1, -0.05) is 17.7 Å². The fourth-order valence-corrected chi connectivity index (χ4v) is 2.12. The van der Waals surface area contributed by atoms with Crippen LogP contribution >= 0.6 is 11.6 Å². The summed E-state index contributed by atoms with van der Waals surface area (Å²) in [5.41, 5.74) is 7.18. The first kappa shape index (κ1) is 15.5. The van der Waals surface area contributed by atoms with E-state index < -0.39 is 5.91 Å². The number of nitrogens with one attached hydrogen (secondary N) is 1. The number of aromatic nitrogens is 2. The average molecular weight is 307 g/mol. The molecule has 21 heavy (non-hydrogen) atoms. The maximum atomic E-state index is 11.2. The highest BCUT2D eigenvalue weighted by atomic mass is 35.5. The van der Waals surface area contributed by atoms with Gasteiger partial charge in [0.15, 0.2) is 0 Å². The van der Waals surface area contributed by atoms with E-state index in [2.05, 4.69) is 31.2 Å². The summed E-state index contributed by atoms with van der Waals surface area (Å²) in [6, 6.07) is 7.18. The predicted octanol–water partition coefficient (Wildman–Crippen LogP) is 2.51. The van der Waals surface area contributed by atoms with Gasteiger partial charge in [0.05, 0.1) is 5.69 Å². The predicted molar refractivity (Wildman–Crippen MR) is 83.7 cm³/mol. The number of halogens is 1. The second-order valence-electron chi connectivity index (χ2n) is 5.85. The van der Waals surface area contributed by atoms with Crippen molar-refractivity contribution in [1.29, 1.82) is 0 Å². The third-order valence-corrected chi connectivity index (χ3v) is 3.33. The molecule has 3 N–H and O–H groups in total. The number of nitrogens with two attached hydrogens (primary N) is 1. The summed E-state index contributed by atoms with van der Waals surface area (Å²) in [5.74, 6) is -0.551. The van der Waals surface area contributed by atoms with Gasteiger partial charge < -0.3 is 11.1 Å². The van der Waals surface area contributed by atoms with Crippen LogP contribution in [0.25, 0.3) is 5.69 Å². The fourth-order valence-electron chi connectivity index (χ4n) is 1.88. The molecule has 1 amide bonds. The zero-order valence-electron chi connectivity index (χ0n) is 12.4. The Morgan fingerprint density at radius 1 is 1.38 bits per heavy atom. The van der Waals surface area contributed by atoms with Crippen molar-refractivity contribution in [1.82, 2.24) is 15.1 Å². The Bertz CT molecular complexity index is 658. The Balaban J connectivity index is 2.38. The Hall–Kier alpha value is -1.85. The van der Waals surface area contributed by atoms with Gasteiger partial charge in [-0.05, 0) is 39.0 Å². The van der Waals surface area contributed by atoms with Gasteiger partial charge in [-0.3, -0.25) is 4.79 Å². The average Bonchev–Trinajstić information content (AvgIpc) is 2.85. The van der Waals surface area contributed by atoms with E-state index in [-0.39, 0.29) is 11.2 Å². The molecule has 112 valence electrons. The van der Waals surface area contributed by atoms with Crippen molar-refractivity contribution in [3.63, 3.8) is 0 Å². The monoisotopic (exact) mass is 306 g/mol. The lowest BCUT2D eigenvalue weighted by molar-refractivity contribution is 0.0995. The highest BCUT2D eigenvalue weighted by Gasteiger charge is 2.15. The molecule has 0 atom stereocenters. The molecule has 2 rings (SSSR count). The molecular weight excluding hydrogens is 288 g/mol. The first-order valence-electron chi connectivity index (χ1n) is 6.66. The Kier molecular flexibility index (Phi) is 4.34. The van der Waals surface area contributed by atoms with Crippen molar-refractivity contribution in [2.75, 3.05) is 0 Å². The Labute approximate surface area is 129 Å². The number of carbonyl (C=O) groups excluding carboxylic acids is 1. The van der Waals surface area contributed by atoms with Gasteiger partial charge >= 0.3 is 0 Å². The second-order valence-corrected chi connectivity index (χ2v) is 6.26. The number of amides is 1. The Morgan fingerprint density at radius 2 is 2.10 bits per heavy atom. The van der Waals surface area contributed by atoms with Gasteiger partial charge in [0.25, 0.3) is 5.91 Å². The van der Waals surface area contributed by atoms with Gasteiger partial charge in [0.2, 0.25) is 0 Å². The third kappa shape index (κ3) is 3.83. The van der Waals surface area contributed by atoms with E-state index in [1.807, 2.05) is 18.2 Å². The highest BCUT2D eigenvalue weighted by Crippen LogP contribution is 2.23. The SMILES string of the molecule is CC(C)(C)NCc1c(Cl)cccc1-n1ccc(C(N)=O)n1. The zero-order valence-corrected chi connectivity index (χ0v) is 13.1. The number of hydrogen-bond acceptors (Lipinski definition) is 3. The van der Waals surface area contributed by atoms with Crippen LogP contribution in [-0.2, 0) is 6.54 Å². The molecule has 1 heterocycles. The van der Waals surface area contributed by atoms with Crippen LogP contribution in [0, 0.1) is 0 Å². The molecule has 2 aromatic rings. The van der Waals surface area contributed by atoms with Gasteiger partial charge in [-0.25, -0.2) is 4.68 Å². The number of carbonyl (C=O) groups is 1. The van der Waals surface area contributed by atoms with E-state index >= 15 is 0 Å². The summed E-state index contributed by atoms with van der Waals surface area (Å²) >= 11 is 6.30. The summed E-state index contributed by atoms with van der Waals surface area (Å²) < 4.78 is 1.62. The van der Waals surface area contributed by atoms with Crippen LogP contribution in [0.5, 0.6) is 0 Å². The molecular formula is C15H19ClN4O. The number of benzene rings is 1. The van der Waals surface area contributed by atoms with Crippen LogP contribution in [0.1, 0.15) is 36.8 Å². The van der Waals surface area contributed by atoms with Crippen LogP contribution < -0.4 is 11.1 Å². The standard InChI is InChI=1S/C15H19ClN4O/c1-15(2,3)18-9-10-11(16)5-4-6-13(10)20-8-7-12(19-20)14(17)21/h4-8,18H,9H2,1-3H3,(H2,17,21). The van der Waals surface area contributed by atoms with Crippen LogP contribution in [0.4, 0.5) is 0 Å². The van der Waals surface area contributed by atoms with Gasteiger partial charge in [0.1, 0.15) is 5.69 Å². The smallest absolute Gasteiger partial charge is 0.269 e. The van der Waals surface area contributed by atoms with E-state index in [0.29, 0.717) is 11.6 Å². The lowest BCUT2D eigenvalue weighted by Crippen LogP contribution is -2.35. The number of nitrogens with zero attached hydrogens (tertiary/aromatic N) is 2. The number of primary amides is 1. The fraction of sp³-hybridized carbons (Fsp3) is 0.333. The number of rotatable bonds is 4. The molecule has 0 unspecified atom stereocenters.